The second kappa shape index (κ2) is 15.7. The quantitative estimate of drug-likeness (QED) is 0.306. The zero-order valence-electron chi connectivity index (χ0n) is 25.2. The van der Waals surface area contributed by atoms with Crippen LogP contribution >= 0.6 is 0 Å². The predicted octanol–water partition coefficient (Wildman–Crippen LogP) is 5.75. The molecule has 2 aromatic rings. The van der Waals surface area contributed by atoms with Crippen molar-refractivity contribution in [3.05, 3.63) is 52.4 Å². The number of aryl methyl sites for hydroxylation is 3. The van der Waals surface area contributed by atoms with E-state index in [-0.39, 0.29) is 0 Å². The number of nitrogens with one attached hydrogen (secondary N) is 1. The molecule has 8 nitrogen and oxygen atoms in total. The molecular weight excluding hydrogens is 506 g/mol. The zero-order chi connectivity index (χ0) is 29.1. The first kappa shape index (κ1) is 32.4. The average Bonchev–Trinajstić information content (AvgIpc) is 2.87. The van der Waals surface area contributed by atoms with Gasteiger partial charge in [-0.25, -0.2) is 9.98 Å². The maximum absolute atomic E-state index is 11.5. The van der Waals surface area contributed by atoms with Gasteiger partial charge in [-0.15, -0.1) is 0 Å². The minimum Gasteiger partial charge on any atom is -0.402 e. The molecule has 0 atom stereocenters. The number of anilines is 2. The van der Waals surface area contributed by atoms with E-state index in [0.717, 1.165) is 54.3 Å². The van der Waals surface area contributed by atoms with E-state index >= 15 is 0 Å². The van der Waals surface area contributed by atoms with E-state index in [4.69, 9.17) is 11.5 Å². The molecule has 0 bridgehead atoms. The molecule has 5 N–H and O–H groups in total. The van der Waals surface area contributed by atoms with Gasteiger partial charge in [0.1, 0.15) is 5.84 Å². The Hall–Kier alpha value is -2.78. The Bertz CT molecular complexity index is 1160. The van der Waals surface area contributed by atoms with Crippen molar-refractivity contribution in [2.45, 2.75) is 86.6 Å². The third-order valence-corrected chi connectivity index (χ3v) is 8.17. The number of aliphatic imine (C=N–C) groups is 1. The zero-order valence-corrected chi connectivity index (χ0v) is 26.0. The minimum atomic E-state index is -0.583. The summed E-state index contributed by atoms with van der Waals surface area (Å²) in [5.74, 6) is 3.57. The number of piperidine rings is 1. The summed E-state index contributed by atoms with van der Waals surface area (Å²) < 4.78 is 11.5. The van der Waals surface area contributed by atoms with E-state index in [1.807, 2.05) is 20.8 Å². The highest BCUT2D eigenvalue weighted by Gasteiger charge is 2.33. The molecule has 4 rings (SSSR count). The molecule has 0 unspecified atom stereocenters. The van der Waals surface area contributed by atoms with Gasteiger partial charge in [0.15, 0.2) is 5.82 Å². The normalized spacial score (nSPS) is 20.2. The Labute approximate surface area is 238 Å². The van der Waals surface area contributed by atoms with Crippen LogP contribution in [0.2, 0.25) is 0 Å². The van der Waals surface area contributed by atoms with Gasteiger partial charge in [0.05, 0.1) is 0 Å². The molecule has 2 fully saturated rings. The average molecular weight is 556 g/mol. The Kier molecular flexibility index (Phi) is 13.1. The summed E-state index contributed by atoms with van der Waals surface area (Å²) in [5, 5.41) is 3.36. The van der Waals surface area contributed by atoms with Gasteiger partial charge in [0.25, 0.3) is 0 Å². The van der Waals surface area contributed by atoms with Crippen LogP contribution in [0.15, 0.2) is 35.1 Å². The molecule has 1 aromatic carbocycles. The molecule has 2 aliphatic heterocycles. The fourth-order valence-corrected chi connectivity index (χ4v) is 5.88. The summed E-state index contributed by atoms with van der Waals surface area (Å²) in [6, 6.07) is 5.02. The molecule has 0 saturated carbocycles. The van der Waals surface area contributed by atoms with Crippen LogP contribution in [0.4, 0.5) is 17.5 Å². The third kappa shape index (κ3) is 9.42. The number of nitrogens with two attached hydrogens (primary N) is 2. The summed E-state index contributed by atoms with van der Waals surface area (Å²) in [6.45, 7) is 18.4. The monoisotopic (exact) mass is 555 g/mol. The van der Waals surface area contributed by atoms with Crippen molar-refractivity contribution >= 4 is 34.1 Å². The largest absolute Gasteiger partial charge is 0.402 e. The van der Waals surface area contributed by atoms with Crippen molar-refractivity contribution in [3.8, 4) is 0 Å². The number of nitrogens with zero attached hydrogens (tertiary/aromatic N) is 4. The van der Waals surface area contributed by atoms with Gasteiger partial charge in [-0.3, -0.25) is 9.11 Å². The Morgan fingerprint density at radius 2 is 1.72 bits per heavy atom. The molecule has 2 aliphatic rings. The molecule has 0 amide bonds. The van der Waals surface area contributed by atoms with Crippen LogP contribution in [0, 0.1) is 20.8 Å². The number of amidine groups is 1. The smallest absolute Gasteiger partial charge is 0.229 e. The lowest BCUT2D eigenvalue weighted by atomic mass is 9.85. The summed E-state index contributed by atoms with van der Waals surface area (Å²) in [4.78, 5) is 15.9. The van der Waals surface area contributed by atoms with Gasteiger partial charge < -0.3 is 16.8 Å². The third-order valence-electron chi connectivity index (χ3n) is 6.66. The standard InChI is InChI=1S/C25H35N7OS.C3H8.C2H6/c1-15-10-22(29-25-28-12-17(3)24(31-25)30-23(27)11-18(4)26)16(2)9-21(15)19-5-7-32(8-6-19)20-13-34(33)14-20;1-3-2;1-2/h9-12,19-20H,5-8,13-14,26H2,1-4H3,(H3,27,28,29,30,31);3H2,1-2H3;1-2H3/b18-11-;;. The van der Waals surface area contributed by atoms with Gasteiger partial charge in [-0.05, 0) is 88.4 Å². The highest BCUT2D eigenvalue weighted by molar-refractivity contribution is 7.86. The van der Waals surface area contributed by atoms with Crippen LogP contribution in [0.5, 0.6) is 0 Å². The molecule has 2 saturated heterocycles. The van der Waals surface area contributed by atoms with E-state index in [1.165, 1.54) is 17.5 Å². The van der Waals surface area contributed by atoms with Gasteiger partial charge in [0, 0.05) is 51.5 Å². The second-order valence-electron chi connectivity index (χ2n) is 10.2. The first-order valence-corrected chi connectivity index (χ1v) is 15.7. The van der Waals surface area contributed by atoms with Crippen molar-refractivity contribution in [3.63, 3.8) is 0 Å². The number of likely N-dealkylation sites (tertiary alicyclic amines) is 1. The lowest BCUT2D eigenvalue weighted by Gasteiger charge is -2.41. The van der Waals surface area contributed by atoms with Crippen LogP contribution in [-0.4, -0.2) is 55.5 Å². The van der Waals surface area contributed by atoms with Crippen molar-refractivity contribution in [2.24, 2.45) is 16.5 Å². The number of rotatable bonds is 6. The maximum atomic E-state index is 11.5. The molecule has 0 spiro atoms. The van der Waals surface area contributed by atoms with Crippen LogP contribution in [-0.2, 0) is 10.8 Å². The predicted molar refractivity (Wildman–Crippen MR) is 168 cm³/mol. The van der Waals surface area contributed by atoms with E-state index in [9.17, 15) is 4.21 Å². The molecule has 0 radical (unpaired) electrons. The Balaban J connectivity index is 0.000000998. The van der Waals surface area contributed by atoms with Crippen LogP contribution < -0.4 is 16.8 Å². The van der Waals surface area contributed by atoms with E-state index in [0.29, 0.717) is 35.3 Å². The fourth-order valence-electron chi connectivity index (χ4n) is 4.69. The van der Waals surface area contributed by atoms with Crippen molar-refractivity contribution < 1.29 is 4.21 Å². The van der Waals surface area contributed by atoms with Gasteiger partial charge >= 0.3 is 0 Å². The first-order valence-electron chi connectivity index (χ1n) is 14.2. The first-order chi connectivity index (χ1) is 18.6. The molecule has 39 heavy (non-hydrogen) atoms. The SMILES string of the molecule is C/C(N)=C/C(N)=Nc1nc(Nc2cc(C)c(C3CCN(C4CS(=O)C4)CC3)cc2C)ncc1C.CC.CCC. The Morgan fingerprint density at radius 1 is 1.10 bits per heavy atom. The van der Waals surface area contributed by atoms with Crippen molar-refractivity contribution in [1.29, 1.82) is 0 Å². The number of hydrogen-bond donors (Lipinski definition) is 3. The van der Waals surface area contributed by atoms with Gasteiger partial charge in [-0.1, -0.05) is 40.2 Å². The minimum absolute atomic E-state index is 0.306. The summed E-state index contributed by atoms with van der Waals surface area (Å²) in [6.07, 6.45) is 6.90. The van der Waals surface area contributed by atoms with Crippen LogP contribution in [0.25, 0.3) is 0 Å². The van der Waals surface area contributed by atoms with Gasteiger partial charge in [0.2, 0.25) is 5.95 Å². The second-order valence-corrected chi connectivity index (χ2v) is 11.8. The lowest BCUT2D eigenvalue weighted by molar-refractivity contribution is 0.168. The molecule has 9 heteroatoms. The Morgan fingerprint density at radius 3 is 2.28 bits per heavy atom. The molecule has 3 heterocycles. The number of benzene rings is 1. The van der Waals surface area contributed by atoms with E-state index in [2.05, 4.69) is 65.0 Å². The number of aromatic nitrogens is 2. The molecule has 0 aliphatic carbocycles. The van der Waals surface area contributed by atoms with Crippen LogP contribution in [0.3, 0.4) is 0 Å². The van der Waals surface area contributed by atoms with Crippen LogP contribution in [0.1, 0.15) is 82.1 Å². The lowest BCUT2D eigenvalue weighted by Crippen LogP contribution is -2.52. The highest BCUT2D eigenvalue weighted by Crippen LogP contribution is 2.35. The van der Waals surface area contributed by atoms with Crippen molar-refractivity contribution in [1.82, 2.24) is 14.9 Å². The summed E-state index contributed by atoms with van der Waals surface area (Å²) >= 11 is 0. The van der Waals surface area contributed by atoms with Gasteiger partial charge in [-0.2, -0.15) is 4.98 Å². The summed E-state index contributed by atoms with van der Waals surface area (Å²) in [5.41, 5.74) is 17.9. The van der Waals surface area contributed by atoms with Crippen molar-refractivity contribution in [2.75, 3.05) is 29.9 Å². The molecule has 216 valence electrons. The number of hydrogen-bond acceptors (Lipinski definition) is 7. The molecule has 1 aromatic heterocycles. The van der Waals surface area contributed by atoms with E-state index in [1.54, 1.807) is 19.2 Å². The summed E-state index contributed by atoms with van der Waals surface area (Å²) in [7, 11) is -0.583. The fraction of sp³-hybridized carbons (Fsp3) is 0.567. The number of allylic oxidation sites excluding steroid dienone is 1. The highest BCUT2D eigenvalue weighted by atomic mass is 32.2. The van der Waals surface area contributed by atoms with E-state index < -0.39 is 10.8 Å². The topological polar surface area (TPSA) is 123 Å². The molecular formula is C30H49N7OS. The maximum Gasteiger partial charge on any atom is 0.229 e.